The molecule has 1 unspecified atom stereocenters. The summed E-state index contributed by atoms with van der Waals surface area (Å²) < 4.78 is 81.7. The van der Waals surface area contributed by atoms with Crippen molar-refractivity contribution in [1.29, 1.82) is 0 Å². The molecule has 1 saturated heterocycles. The number of hydrogen-bond acceptors (Lipinski definition) is 5. The first-order valence-corrected chi connectivity index (χ1v) is 10.1. The molecule has 7 nitrogen and oxygen atoms in total. The Balaban J connectivity index is 1.59. The van der Waals surface area contributed by atoms with Crippen LogP contribution in [0.3, 0.4) is 0 Å². The van der Waals surface area contributed by atoms with Crippen LogP contribution in [0.1, 0.15) is 27.9 Å². The Hall–Kier alpha value is -3.64. The molecule has 180 valence electrons. The third-order valence-corrected chi connectivity index (χ3v) is 5.59. The fourth-order valence-electron chi connectivity index (χ4n) is 3.78. The number of nitrogens with zero attached hydrogens (tertiary/aromatic N) is 5. The number of benzene rings is 1. The first kappa shape index (κ1) is 23.5. The van der Waals surface area contributed by atoms with E-state index >= 15 is 0 Å². The number of alkyl halides is 5. The first-order chi connectivity index (χ1) is 16.0. The predicted molar refractivity (Wildman–Crippen MR) is 108 cm³/mol. The molecule has 2 aromatic heterocycles. The highest BCUT2D eigenvalue weighted by atomic mass is 19.4. The van der Waals surface area contributed by atoms with E-state index in [-0.39, 0.29) is 29.2 Å². The van der Waals surface area contributed by atoms with Crippen LogP contribution in [0.2, 0.25) is 0 Å². The van der Waals surface area contributed by atoms with E-state index in [0.29, 0.717) is 6.20 Å². The van der Waals surface area contributed by atoms with Crippen LogP contribution < -0.4 is 5.32 Å². The van der Waals surface area contributed by atoms with Gasteiger partial charge in [-0.25, -0.2) is 18.2 Å². The van der Waals surface area contributed by atoms with Gasteiger partial charge in [0.1, 0.15) is 23.4 Å². The molecule has 0 bridgehead atoms. The average Bonchev–Trinajstić information content (AvgIpc) is 3.41. The summed E-state index contributed by atoms with van der Waals surface area (Å²) in [5.74, 6) is -4.72. The molecule has 1 N–H and O–H groups in total. The number of aromatic nitrogens is 4. The van der Waals surface area contributed by atoms with Crippen LogP contribution in [0.25, 0.3) is 5.69 Å². The Kier molecular flexibility index (Phi) is 5.96. The van der Waals surface area contributed by atoms with Crippen LogP contribution >= 0.6 is 0 Å². The van der Waals surface area contributed by atoms with Gasteiger partial charge in [-0.3, -0.25) is 4.79 Å². The number of rotatable bonds is 5. The summed E-state index contributed by atoms with van der Waals surface area (Å²) in [6.07, 6.45) is -1.95. The third-order valence-electron chi connectivity index (χ3n) is 5.59. The Labute approximate surface area is 189 Å². The lowest BCUT2D eigenvalue weighted by atomic mass is 10.1. The molecular weight excluding hydrogens is 466 g/mol. The lowest BCUT2D eigenvalue weighted by Crippen LogP contribution is -2.47. The van der Waals surface area contributed by atoms with Crippen LogP contribution in [0.15, 0.2) is 42.9 Å². The summed E-state index contributed by atoms with van der Waals surface area (Å²) in [5.41, 5.74) is -0.948. The lowest BCUT2D eigenvalue weighted by Gasteiger charge is -2.29. The van der Waals surface area contributed by atoms with E-state index < -0.39 is 48.4 Å². The molecule has 3 aromatic rings. The van der Waals surface area contributed by atoms with Crippen molar-refractivity contribution >= 4 is 11.7 Å². The molecule has 0 spiro atoms. The van der Waals surface area contributed by atoms with Gasteiger partial charge in [0, 0.05) is 31.3 Å². The van der Waals surface area contributed by atoms with Crippen LogP contribution in [0.4, 0.5) is 32.2 Å². The molecule has 1 aliphatic rings. The van der Waals surface area contributed by atoms with Crippen LogP contribution in [-0.4, -0.2) is 55.8 Å². The molecule has 0 saturated carbocycles. The quantitative estimate of drug-likeness (QED) is 0.553. The standard InChI is InChI=1S/C21H18F6N6O/c1-12-15(22)4-3-14(18(12)33-30-7-8-31-33)19(34)32-9-6-20(23,24)16(32)11-29-17-5-2-13(10-28-17)21(25,26)27/h2-5,7-8,10,16H,6,9,11H2,1H3,(H,28,29). The van der Waals surface area contributed by atoms with Crippen molar-refractivity contribution in [3.05, 3.63) is 65.4 Å². The molecule has 4 rings (SSSR count). The number of likely N-dealkylation sites (tertiary alicyclic amines) is 1. The molecule has 1 aromatic carbocycles. The maximum atomic E-state index is 14.7. The summed E-state index contributed by atoms with van der Waals surface area (Å²) in [7, 11) is 0. The van der Waals surface area contributed by atoms with Crippen molar-refractivity contribution in [2.75, 3.05) is 18.4 Å². The second-order valence-corrected chi connectivity index (χ2v) is 7.72. The number of pyridine rings is 1. The zero-order chi connectivity index (χ0) is 24.7. The summed E-state index contributed by atoms with van der Waals surface area (Å²) >= 11 is 0. The fourth-order valence-corrected chi connectivity index (χ4v) is 3.78. The number of anilines is 1. The summed E-state index contributed by atoms with van der Waals surface area (Å²) in [5, 5.41) is 10.4. The highest BCUT2D eigenvalue weighted by Gasteiger charge is 2.51. The van der Waals surface area contributed by atoms with Gasteiger partial charge in [-0.2, -0.15) is 28.2 Å². The minimum absolute atomic E-state index is 0.0290. The van der Waals surface area contributed by atoms with E-state index in [1.54, 1.807) is 0 Å². The van der Waals surface area contributed by atoms with Gasteiger partial charge in [0.25, 0.3) is 11.8 Å². The zero-order valence-electron chi connectivity index (χ0n) is 17.7. The molecule has 1 atom stereocenters. The predicted octanol–water partition coefficient (Wildman–Crippen LogP) is 4.09. The van der Waals surface area contributed by atoms with Gasteiger partial charge in [-0.05, 0) is 31.2 Å². The average molecular weight is 484 g/mol. The van der Waals surface area contributed by atoms with E-state index in [9.17, 15) is 31.1 Å². The Morgan fingerprint density at radius 3 is 2.50 bits per heavy atom. The van der Waals surface area contributed by atoms with Crippen LogP contribution in [-0.2, 0) is 6.18 Å². The number of carbonyl (C=O) groups excluding carboxylic acids is 1. The van der Waals surface area contributed by atoms with E-state index in [2.05, 4.69) is 20.5 Å². The lowest BCUT2D eigenvalue weighted by molar-refractivity contribution is -0.137. The number of amides is 1. The minimum atomic E-state index is -4.58. The molecule has 13 heteroatoms. The summed E-state index contributed by atoms with van der Waals surface area (Å²) in [4.78, 5) is 18.9. The Bertz CT molecular complexity index is 1180. The number of hydrogen-bond donors (Lipinski definition) is 1. The van der Waals surface area contributed by atoms with Gasteiger partial charge in [0.05, 0.1) is 23.5 Å². The van der Waals surface area contributed by atoms with Gasteiger partial charge < -0.3 is 10.2 Å². The van der Waals surface area contributed by atoms with Crippen molar-refractivity contribution in [1.82, 2.24) is 24.9 Å². The molecule has 1 aliphatic heterocycles. The van der Waals surface area contributed by atoms with E-state index in [1.165, 1.54) is 25.4 Å². The van der Waals surface area contributed by atoms with E-state index in [0.717, 1.165) is 27.9 Å². The SMILES string of the molecule is Cc1c(F)ccc(C(=O)N2CCC(F)(F)C2CNc2ccc(C(F)(F)F)cn2)c1-n1nccn1. The highest BCUT2D eigenvalue weighted by molar-refractivity contribution is 5.98. The van der Waals surface area contributed by atoms with Gasteiger partial charge in [-0.15, -0.1) is 0 Å². The summed E-state index contributed by atoms with van der Waals surface area (Å²) in [6.45, 7) is 0.673. The van der Waals surface area contributed by atoms with Crippen molar-refractivity contribution in [2.45, 2.75) is 31.5 Å². The fraction of sp³-hybridized carbons (Fsp3) is 0.333. The third kappa shape index (κ3) is 4.41. The smallest absolute Gasteiger partial charge is 0.368 e. The molecule has 0 radical (unpaired) electrons. The molecule has 3 heterocycles. The van der Waals surface area contributed by atoms with Gasteiger partial charge in [0.2, 0.25) is 0 Å². The topological polar surface area (TPSA) is 75.9 Å². The zero-order valence-corrected chi connectivity index (χ0v) is 17.7. The Morgan fingerprint density at radius 2 is 1.88 bits per heavy atom. The normalized spacial score (nSPS) is 17.7. The number of halogens is 6. The number of carbonyl (C=O) groups is 1. The second kappa shape index (κ2) is 8.61. The van der Waals surface area contributed by atoms with E-state index in [1.807, 2.05) is 0 Å². The Morgan fingerprint density at radius 1 is 1.18 bits per heavy atom. The largest absolute Gasteiger partial charge is 0.417 e. The maximum absolute atomic E-state index is 14.7. The molecule has 34 heavy (non-hydrogen) atoms. The molecule has 1 fully saturated rings. The van der Waals surface area contributed by atoms with Crippen molar-refractivity contribution in [3.63, 3.8) is 0 Å². The van der Waals surface area contributed by atoms with Crippen molar-refractivity contribution < 1.29 is 31.1 Å². The molecular formula is C21H18F6N6O. The van der Waals surface area contributed by atoms with Gasteiger partial charge in [-0.1, -0.05) is 0 Å². The van der Waals surface area contributed by atoms with E-state index in [4.69, 9.17) is 0 Å². The minimum Gasteiger partial charge on any atom is -0.368 e. The highest BCUT2D eigenvalue weighted by Crippen LogP contribution is 2.36. The number of nitrogens with one attached hydrogen (secondary N) is 1. The van der Waals surface area contributed by atoms with Crippen molar-refractivity contribution in [2.24, 2.45) is 0 Å². The monoisotopic (exact) mass is 484 g/mol. The summed E-state index contributed by atoms with van der Waals surface area (Å²) in [6, 6.07) is 2.42. The van der Waals surface area contributed by atoms with Crippen LogP contribution in [0, 0.1) is 12.7 Å². The molecule has 1 amide bonds. The van der Waals surface area contributed by atoms with Gasteiger partial charge >= 0.3 is 6.18 Å². The molecule has 0 aliphatic carbocycles. The maximum Gasteiger partial charge on any atom is 0.417 e. The second-order valence-electron chi connectivity index (χ2n) is 7.72. The van der Waals surface area contributed by atoms with Gasteiger partial charge in [0.15, 0.2) is 0 Å². The van der Waals surface area contributed by atoms with Crippen LogP contribution in [0.5, 0.6) is 0 Å². The first-order valence-electron chi connectivity index (χ1n) is 10.1. The van der Waals surface area contributed by atoms with Crippen molar-refractivity contribution in [3.8, 4) is 5.69 Å².